The van der Waals surface area contributed by atoms with E-state index in [1.165, 1.54) is 11.0 Å². The molecule has 1 atom stereocenters. The molecule has 0 bridgehead atoms. The molecule has 0 aliphatic carbocycles. The van der Waals surface area contributed by atoms with Crippen molar-refractivity contribution in [3.05, 3.63) is 36.2 Å². The number of benzene rings is 1. The van der Waals surface area contributed by atoms with Crippen LogP contribution in [0.25, 0.3) is 5.69 Å². The molecular formula is C15H17N5O4. The molecule has 9 heteroatoms. The fourth-order valence-electron chi connectivity index (χ4n) is 2.46. The minimum atomic E-state index is -0.601. The highest BCUT2D eigenvalue weighted by Gasteiger charge is 2.23. The van der Waals surface area contributed by atoms with E-state index in [1.54, 1.807) is 29.2 Å². The van der Waals surface area contributed by atoms with Crippen molar-refractivity contribution in [1.82, 2.24) is 25.1 Å². The summed E-state index contributed by atoms with van der Waals surface area (Å²) in [7, 11) is 0. The Morgan fingerprint density at radius 2 is 2.21 bits per heavy atom. The molecule has 1 unspecified atom stereocenters. The number of hydrogen-bond donors (Lipinski definition) is 0. The summed E-state index contributed by atoms with van der Waals surface area (Å²) in [5.74, 6) is -0.839. The first-order valence-electron chi connectivity index (χ1n) is 7.54. The average molecular weight is 331 g/mol. The van der Waals surface area contributed by atoms with Crippen molar-refractivity contribution in [1.29, 1.82) is 0 Å². The van der Waals surface area contributed by atoms with E-state index >= 15 is 0 Å². The number of morpholine rings is 1. The van der Waals surface area contributed by atoms with Gasteiger partial charge in [-0.15, -0.1) is 5.10 Å². The lowest BCUT2D eigenvalue weighted by Gasteiger charge is -2.30. The molecule has 0 saturated carbocycles. The van der Waals surface area contributed by atoms with Gasteiger partial charge in [-0.1, -0.05) is 12.1 Å². The van der Waals surface area contributed by atoms with Gasteiger partial charge in [0.2, 0.25) is 0 Å². The molecule has 1 aliphatic heterocycles. The Morgan fingerprint density at radius 1 is 1.38 bits per heavy atom. The molecule has 2 aromatic rings. The van der Waals surface area contributed by atoms with Crippen LogP contribution in [-0.4, -0.2) is 69.4 Å². The van der Waals surface area contributed by atoms with Gasteiger partial charge in [-0.05, 0) is 29.5 Å². The molecule has 0 N–H and O–H groups in total. The smallest absolute Gasteiger partial charge is 0.340 e. The number of amides is 1. The number of para-hydroxylation sites is 1. The zero-order valence-corrected chi connectivity index (χ0v) is 13.2. The predicted octanol–water partition coefficient (Wildman–Crippen LogP) is 0.0664. The quantitative estimate of drug-likeness (QED) is 0.731. The van der Waals surface area contributed by atoms with Gasteiger partial charge in [0, 0.05) is 13.1 Å². The van der Waals surface area contributed by atoms with Gasteiger partial charge in [-0.3, -0.25) is 4.79 Å². The van der Waals surface area contributed by atoms with E-state index in [-0.39, 0.29) is 24.2 Å². The van der Waals surface area contributed by atoms with Crippen LogP contribution in [0.2, 0.25) is 0 Å². The van der Waals surface area contributed by atoms with Crippen LogP contribution in [-0.2, 0) is 14.3 Å². The van der Waals surface area contributed by atoms with Crippen LogP contribution >= 0.6 is 0 Å². The standard InChI is InChI=1S/C15H17N5O4/c1-11-8-19(6-7-23-11)14(21)9-24-15(22)12-4-2-3-5-13(12)20-10-16-17-18-20/h2-5,10-11H,6-9H2,1H3. The Balaban J connectivity index is 1.65. The molecule has 24 heavy (non-hydrogen) atoms. The molecule has 0 spiro atoms. The van der Waals surface area contributed by atoms with E-state index in [4.69, 9.17) is 9.47 Å². The van der Waals surface area contributed by atoms with Crippen molar-refractivity contribution in [2.45, 2.75) is 13.0 Å². The monoisotopic (exact) mass is 331 g/mol. The predicted molar refractivity (Wildman–Crippen MR) is 81.4 cm³/mol. The lowest BCUT2D eigenvalue weighted by molar-refractivity contribution is -0.141. The summed E-state index contributed by atoms with van der Waals surface area (Å²) in [5, 5.41) is 10.9. The van der Waals surface area contributed by atoms with E-state index < -0.39 is 5.97 Å². The molecule has 1 aromatic heterocycles. The number of carbonyl (C=O) groups excluding carboxylic acids is 2. The second-order valence-electron chi connectivity index (χ2n) is 5.37. The molecule has 1 amide bonds. The van der Waals surface area contributed by atoms with Gasteiger partial charge in [0.1, 0.15) is 6.33 Å². The number of tetrazole rings is 1. The van der Waals surface area contributed by atoms with E-state index in [9.17, 15) is 9.59 Å². The summed E-state index contributed by atoms with van der Waals surface area (Å²) in [5.41, 5.74) is 0.771. The largest absolute Gasteiger partial charge is 0.452 e. The van der Waals surface area contributed by atoms with Crippen LogP contribution in [0.15, 0.2) is 30.6 Å². The number of carbonyl (C=O) groups is 2. The maximum Gasteiger partial charge on any atom is 0.340 e. The van der Waals surface area contributed by atoms with Crippen molar-refractivity contribution in [3.8, 4) is 5.69 Å². The number of rotatable bonds is 4. The molecule has 2 heterocycles. The first kappa shape index (κ1) is 16.1. The van der Waals surface area contributed by atoms with Crippen molar-refractivity contribution in [2.75, 3.05) is 26.3 Å². The van der Waals surface area contributed by atoms with Gasteiger partial charge in [0.25, 0.3) is 5.91 Å². The van der Waals surface area contributed by atoms with Gasteiger partial charge < -0.3 is 14.4 Å². The van der Waals surface area contributed by atoms with Crippen LogP contribution in [0.1, 0.15) is 17.3 Å². The van der Waals surface area contributed by atoms with Crippen LogP contribution in [0, 0.1) is 0 Å². The van der Waals surface area contributed by atoms with Gasteiger partial charge in [-0.25, -0.2) is 4.79 Å². The lowest BCUT2D eigenvalue weighted by atomic mass is 10.2. The lowest BCUT2D eigenvalue weighted by Crippen LogP contribution is -2.46. The Morgan fingerprint density at radius 3 is 2.96 bits per heavy atom. The van der Waals surface area contributed by atoms with Gasteiger partial charge in [-0.2, -0.15) is 4.68 Å². The second kappa shape index (κ2) is 7.18. The third-order valence-electron chi connectivity index (χ3n) is 3.64. The summed E-state index contributed by atoms with van der Waals surface area (Å²) in [4.78, 5) is 26.1. The molecule has 1 aliphatic rings. The van der Waals surface area contributed by atoms with Crippen LogP contribution in [0.5, 0.6) is 0 Å². The maximum absolute atomic E-state index is 12.3. The number of hydrogen-bond acceptors (Lipinski definition) is 7. The topological polar surface area (TPSA) is 99.4 Å². The molecule has 9 nitrogen and oxygen atoms in total. The van der Waals surface area contributed by atoms with Crippen molar-refractivity contribution in [2.24, 2.45) is 0 Å². The highest BCUT2D eigenvalue weighted by molar-refractivity contribution is 5.94. The van der Waals surface area contributed by atoms with Crippen LogP contribution in [0.3, 0.4) is 0 Å². The number of esters is 1. The Kier molecular flexibility index (Phi) is 4.80. The van der Waals surface area contributed by atoms with Crippen LogP contribution < -0.4 is 0 Å². The summed E-state index contributed by atoms with van der Waals surface area (Å²) in [6.07, 6.45) is 1.37. The molecule has 1 aromatic carbocycles. The number of ether oxygens (including phenoxy) is 2. The maximum atomic E-state index is 12.3. The van der Waals surface area contributed by atoms with E-state index in [0.29, 0.717) is 25.4 Å². The van der Waals surface area contributed by atoms with E-state index in [2.05, 4.69) is 15.5 Å². The minimum Gasteiger partial charge on any atom is -0.452 e. The fourth-order valence-corrected chi connectivity index (χ4v) is 2.46. The van der Waals surface area contributed by atoms with Gasteiger partial charge in [0.15, 0.2) is 6.61 Å². The Labute approximate surface area is 138 Å². The molecule has 1 saturated heterocycles. The van der Waals surface area contributed by atoms with Crippen molar-refractivity contribution >= 4 is 11.9 Å². The number of nitrogens with zero attached hydrogens (tertiary/aromatic N) is 5. The summed E-state index contributed by atoms with van der Waals surface area (Å²) in [6, 6.07) is 6.75. The number of aromatic nitrogens is 4. The summed E-state index contributed by atoms with van der Waals surface area (Å²) in [6.45, 7) is 3.08. The van der Waals surface area contributed by atoms with Crippen LogP contribution in [0.4, 0.5) is 0 Å². The Hall–Kier alpha value is -2.81. The molecule has 0 radical (unpaired) electrons. The zero-order valence-electron chi connectivity index (χ0n) is 13.2. The van der Waals surface area contributed by atoms with Gasteiger partial charge in [0.05, 0.1) is 24.0 Å². The first-order valence-corrected chi connectivity index (χ1v) is 7.54. The fraction of sp³-hybridized carbons (Fsp3) is 0.400. The third-order valence-corrected chi connectivity index (χ3v) is 3.64. The van der Waals surface area contributed by atoms with E-state index in [0.717, 1.165) is 0 Å². The van der Waals surface area contributed by atoms with E-state index in [1.807, 2.05) is 6.92 Å². The second-order valence-corrected chi connectivity index (χ2v) is 5.37. The molecule has 3 rings (SSSR count). The normalized spacial score (nSPS) is 17.5. The highest BCUT2D eigenvalue weighted by atomic mass is 16.5. The zero-order chi connectivity index (χ0) is 16.9. The summed E-state index contributed by atoms with van der Waals surface area (Å²) < 4.78 is 11.9. The highest BCUT2D eigenvalue weighted by Crippen LogP contribution is 2.14. The van der Waals surface area contributed by atoms with Crippen molar-refractivity contribution in [3.63, 3.8) is 0 Å². The third kappa shape index (κ3) is 3.57. The minimum absolute atomic E-state index is 0.0149. The Bertz CT molecular complexity index is 718. The molecule has 126 valence electrons. The van der Waals surface area contributed by atoms with Gasteiger partial charge >= 0.3 is 5.97 Å². The molecule has 1 fully saturated rings. The average Bonchev–Trinajstić information content (AvgIpc) is 3.14. The summed E-state index contributed by atoms with van der Waals surface area (Å²) >= 11 is 0. The SMILES string of the molecule is CC1CN(C(=O)COC(=O)c2ccccc2-n2cnnn2)CCO1. The first-order chi connectivity index (χ1) is 11.6. The molecular weight excluding hydrogens is 314 g/mol. The van der Waals surface area contributed by atoms with Crippen molar-refractivity contribution < 1.29 is 19.1 Å².